The largest absolute Gasteiger partial charge is 0.481 e. The van der Waals surface area contributed by atoms with Gasteiger partial charge in [-0.15, -0.1) is 9.90 Å². The highest BCUT2D eigenvalue weighted by molar-refractivity contribution is 5.76. The highest BCUT2D eigenvalue weighted by atomic mass is 16.4. The molecule has 0 saturated heterocycles. The van der Waals surface area contributed by atoms with E-state index in [0.29, 0.717) is 11.8 Å². The Morgan fingerprint density at radius 1 is 0.947 bits per heavy atom. The Labute approximate surface area is 228 Å². The summed E-state index contributed by atoms with van der Waals surface area (Å²) in [5.41, 5.74) is 3.04. The summed E-state index contributed by atoms with van der Waals surface area (Å²) < 4.78 is 0. The molecular formula is C32H47N3O3. The van der Waals surface area contributed by atoms with Crippen LogP contribution in [0.2, 0.25) is 0 Å². The first-order chi connectivity index (χ1) is 17.5. The number of hydrogen-bond donors (Lipinski definition) is 1. The second-order valence-electron chi connectivity index (χ2n) is 15.9. The van der Waals surface area contributed by atoms with Crippen molar-refractivity contribution in [3.63, 3.8) is 0 Å². The Kier molecular flexibility index (Phi) is 5.25. The Bertz CT molecular complexity index is 1260. The molecule has 3 fully saturated rings. The molecule has 0 spiro atoms. The van der Waals surface area contributed by atoms with Crippen molar-refractivity contribution in [2.75, 3.05) is 0 Å². The van der Waals surface area contributed by atoms with E-state index in [2.05, 4.69) is 54.5 Å². The van der Waals surface area contributed by atoms with Gasteiger partial charge in [-0.25, -0.2) is 0 Å². The first-order valence-electron chi connectivity index (χ1n) is 14.9. The van der Waals surface area contributed by atoms with Crippen molar-refractivity contribution in [3.8, 4) is 0 Å². The zero-order chi connectivity index (χ0) is 27.7. The fraction of sp³-hybridized carbons (Fsp3) is 0.812. The topological polar surface area (TPSA) is 85.1 Å². The fourth-order valence-electron chi connectivity index (χ4n) is 11.0. The quantitative estimate of drug-likeness (QED) is 0.409. The highest BCUT2D eigenvalue weighted by Gasteiger charge is 2.69. The molecule has 208 valence electrons. The third-order valence-corrected chi connectivity index (χ3v) is 13.3. The first-order valence-corrected chi connectivity index (χ1v) is 14.9. The predicted octanol–water partition coefficient (Wildman–Crippen LogP) is 6.84. The van der Waals surface area contributed by atoms with Gasteiger partial charge in [0, 0.05) is 12.3 Å². The minimum Gasteiger partial charge on any atom is -0.481 e. The molecule has 7 atom stereocenters. The lowest BCUT2D eigenvalue weighted by Crippen LogP contribution is -2.64. The number of nitrogens with zero attached hydrogens (tertiary/aromatic N) is 3. The van der Waals surface area contributed by atoms with E-state index in [9.17, 15) is 14.7 Å². The van der Waals surface area contributed by atoms with Gasteiger partial charge in [0.1, 0.15) is 0 Å². The smallest absolute Gasteiger partial charge is 0.310 e. The summed E-state index contributed by atoms with van der Waals surface area (Å²) in [4.78, 5) is 26.4. The van der Waals surface area contributed by atoms with Crippen LogP contribution in [0.3, 0.4) is 0 Å². The van der Waals surface area contributed by atoms with E-state index >= 15 is 0 Å². The molecular weight excluding hydrogens is 474 g/mol. The van der Waals surface area contributed by atoms with Crippen molar-refractivity contribution in [2.45, 2.75) is 119 Å². The summed E-state index contributed by atoms with van der Waals surface area (Å²) in [6, 6.07) is 0. The predicted molar refractivity (Wildman–Crippen MR) is 147 cm³/mol. The molecule has 0 aromatic carbocycles. The number of carboxylic acid groups (broad SMARTS) is 1. The van der Waals surface area contributed by atoms with E-state index < -0.39 is 11.4 Å². The van der Waals surface area contributed by atoms with Crippen molar-refractivity contribution >= 4 is 11.9 Å². The molecule has 0 radical (unpaired) electrons. The standard InChI is InChI=1S/C32H47N3O3/c1-19(36)35-33-22-18-29(6)23(28(4,5)25(22)34-35)11-12-31(8)24(29)10-9-20-21-17-27(2,3)13-15-32(21,26(37)38)16-14-30(20,31)7/h9,21,23-24H,10-18H2,1-8H3,(H,37,38)/t21-,23-,24+,29-,30+,31+,32-/m0/s1. The van der Waals surface area contributed by atoms with E-state index in [1.807, 2.05) is 0 Å². The summed E-state index contributed by atoms with van der Waals surface area (Å²) in [7, 11) is 0. The van der Waals surface area contributed by atoms with Gasteiger partial charge in [-0.3, -0.25) is 9.59 Å². The highest BCUT2D eigenvalue weighted by Crippen LogP contribution is 2.75. The molecule has 6 heteroatoms. The van der Waals surface area contributed by atoms with Crippen molar-refractivity contribution in [1.82, 2.24) is 15.0 Å². The lowest BCUT2D eigenvalue weighted by atomic mass is 9.34. The number of aliphatic carboxylic acids is 1. The number of carbonyl (C=O) groups is 2. The monoisotopic (exact) mass is 521 g/mol. The molecule has 1 aromatic rings. The Hall–Kier alpha value is -1.98. The molecule has 5 aliphatic rings. The van der Waals surface area contributed by atoms with Gasteiger partial charge in [-0.2, -0.15) is 5.10 Å². The SMILES string of the molecule is CC(=O)n1nc2c(n1)C(C)(C)[C@@H]1CC[C@]3(C)[C@H](CC=C4[C@@H]5CC(C)(C)CC[C@]5(C(=O)O)CC[C@]43C)[C@@]1(C)C2. The lowest BCUT2D eigenvalue weighted by Gasteiger charge is -2.70. The van der Waals surface area contributed by atoms with Gasteiger partial charge in [0.05, 0.1) is 16.8 Å². The number of fused-ring (bicyclic) bond motifs is 8. The molecule has 5 aliphatic carbocycles. The number of carbonyl (C=O) groups excluding carboxylic acids is 1. The van der Waals surface area contributed by atoms with E-state index in [0.717, 1.165) is 69.2 Å². The van der Waals surface area contributed by atoms with Crippen molar-refractivity contribution in [1.29, 1.82) is 0 Å². The summed E-state index contributed by atoms with van der Waals surface area (Å²) in [5.74, 6) is 0.373. The normalized spacial score (nSPS) is 44.4. The van der Waals surface area contributed by atoms with Crippen LogP contribution in [0, 0.1) is 44.8 Å². The van der Waals surface area contributed by atoms with Crippen LogP contribution in [0.4, 0.5) is 0 Å². The van der Waals surface area contributed by atoms with Crippen LogP contribution in [-0.2, 0) is 16.6 Å². The van der Waals surface area contributed by atoms with Gasteiger partial charge in [0.15, 0.2) is 0 Å². The Morgan fingerprint density at radius 2 is 1.63 bits per heavy atom. The van der Waals surface area contributed by atoms with Gasteiger partial charge in [0.2, 0.25) is 0 Å². The maximum atomic E-state index is 12.9. The maximum Gasteiger partial charge on any atom is 0.310 e. The van der Waals surface area contributed by atoms with E-state index in [4.69, 9.17) is 10.2 Å². The molecule has 0 bridgehead atoms. The van der Waals surface area contributed by atoms with Crippen molar-refractivity contribution in [3.05, 3.63) is 23.0 Å². The molecule has 1 N–H and O–H groups in total. The average Bonchev–Trinajstić information content (AvgIpc) is 3.24. The van der Waals surface area contributed by atoms with E-state index in [1.165, 1.54) is 17.3 Å². The Morgan fingerprint density at radius 3 is 2.29 bits per heavy atom. The van der Waals surface area contributed by atoms with Gasteiger partial charge in [-0.05, 0) is 97.2 Å². The molecule has 1 aromatic heterocycles. The number of rotatable bonds is 1. The van der Waals surface area contributed by atoms with Crippen molar-refractivity contribution < 1.29 is 14.7 Å². The number of carboxylic acids is 1. The van der Waals surface area contributed by atoms with Gasteiger partial charge in [-0.1, -0.05) is 60.1 Å². The molecule has 0 aliphatic heterocycles. The molecule has 3 saturated carbocycles. The molecule has 0 unspecified atom stereocenters. The third kappa shape index (κ3) is 3.06. The molecule has 6 nitrogen and oxygen atoms in total. The van der Waals surface area contributed by atoms with Gasteiger partial charge in [0.25, 0.3) is 5.91 Å². The minimum atomic E-state index is -0.599. The van der Waals surface area contributed by atoms with Crippen LogP contribution < -0.4 is 0 Å². The van der Waals surface area contributed by atoms with Crippen molar-refractivity contribution in [2.24, 2.45) is 44.8 Å². The summed E-state index contributed by atoms with van der Waals surface area (Å²) >= 11 is 0. The van der Waals surface area contributed by atoms with Gasteiger partial charge < -0.3 is 5.11 Å². The minimum absolute atomic E-state index is 0.00233. The molecule has 0 amide bonds. The van der Waals surface area contributed by atoms with Crippen LogP contribution >= 0.6 is 0 Å². The summed E-state index contributed by atoms with van der Waals surface area (Å²) in [5, 5.41) is 20.0. The summed E-state index contributed by atoms with van der Waals surface area (Å²) in [6.07, 6.45) is 11.2. The second-order valence-corrected chi connectivity index (χ2v) is 15.9. The van der Waals surface area contributed by atoms with Gasteiger partial charge >= 0.3 is 5.97 Å². The molecule has 6 rings (SSSR count). The second kappa shape index (κ2) is 7.60. The van der Waals surface area contributed by atoms with E-state index in [1.54, 1.807) is 0 Å². The number of allylic oxidation sites excluding steroid dienone is 2. The molecule has 1 heterocycles. The summed E-state index contributed by atoms with van der Waals surface area (Å²) in [6.45, 7) is 18.4. The number of hydrogen-bond acceptors (Lipinski definition) is 4. The van der Waals surface area contributed by atoms with E-state index in [-0.39, 0.29) is 38.9 Å². The Balaban J connectivity index is 1.46. The van der Waals surface area contributed by atoms with Crippen LogP contribution in [0.15, 0.2) is 11.6 Å². The zero-order valence-electron chi connectivity index (χ0n) is 24.8. The zero-order valence-corrected chi connectivity index (χ0v) is 24.8. The third-order valence-electron chi connectivity index (χ3n) is 13.3. The van der Waals surface area contributed by atoms with Crippen LogP contribution in [0.25, 0.3) is 0 Å². The average molecular weight is 522 g/mol. The first kappa shape index (κ1) is 26.3. The lowest BCUT2D eigenvalue weighted by molar-refractivity contribution is -0.177. The number of aromatic nitrogens is 3. The van der Waals surface area contributed by atoms with Crippen LogP contribution in [0.1, 0.15) is 123 Å². The fourth-order valence-corrected chi connectivity index (χ4v) is 11.0. The van der Waals surface area contributed by atoms with Crippen LogP contribution in [0.5, 0.6) is 0 Å². The van der Waals surface area contributed by atoms with Crippen LogP contribution in [-0.4, -0.2) is 32.0 Å². The molecule has 38 heavy (non-hydrogen) atoms. The maximum absolute atomic E-state index is 12.9.